The van der Waals surface area contributed by atoms with E-state index in [-0.39, 0.29) is 12.5 Å². The van der Waals surface area contributed by atoms with E-state index in [9.17, 15) is 9.59 Å². The number of fused-ring (bicyclic) bond motifs is 1. The summed E-state index contributed by atoms with van der Waals surface area (Å²) in [7, 11) is 5.63. The van der Waals surface area contributed by atoms with E-state index < -0.39 is 5.97 Å². The first-order valence-corrected chi connectivity index (χ1v) is 8.84. The van der Waals surface area contributed by atoms with Crippen LogP contribution < -0.4 is 4.90 Å². The molecule has 0 saturated carbocycles. The second-order valence-electron chi connectivity index (χ2n) is 6.78. The minimum atomic E-state index is -0.563. The van der Waals surface area contributed by atoms with E-state index in [1.807, 2.05) is 43.3 Å². The van der Waals surface area contributed by atoms with Crippen molar-refractivity contribution < 1.29 is 14.3 Å². The summed E-state index contributed by atoms with van der Waals surface area (Å²) in [6, 6.07) is 11.2. The Morgan fingerprint density at radius 2 is 1.75 bits per heavy atom. The van der Waals surface area contributed by atoms with Crippen molar-refractivity contribution in [3.63, 3.8) is 0 Å². The molecule has 8 nitrogen and oxygen atoms in total. The lowest BCUT2D eigenvalue weighted by Gasteiger charge is -2.18. The van der Waals surface area contributed by atoms with Crippen LogP contribution in [-0.4, -0.2) is 59.1 Å². The lowest BCUT2D eigenvalue weighted by atomic mass is 10.2. The average molecular weight is 381 g/mol. The van der Waals surface area contributed by atoms with Crippen molar-refractivity contribution >= 4 is 23.2 Å². The molecule has 0 radical (unpaired) electrons. The molecule has 28 heavy (non-hydrogen) atoms. The third-order valence-electron chi connectivity index (χ3n) is 4.43. The largest absolute Gasteiger partial charge is 0.452 e. The van der Waals surface area contributed by atoms with Crippen LogP contribution in [0.3, 0.4) is 0 Å². The van der Waals surface area contributed by atoms with Gasteiger partial charge in [0.1, 0.15) is 5.82 Å². The molecule has 0 spiro atoms. The number of likely N-dealkylation sites (N-methyl/N-ethyl adjacent to an activating group) is 1. The summed E-state index contributed by atoms with van der Waals surface area (Å²) in [6.45, 7) is 1.92. The van der Waals surface area contributed by atoms with Crippen molar-refractivity contribution in [2.45, 2.75) is 13.5 Å². The molecule has 0 fully saturated rings. The molecule has 8 heteroatoms. The van der Waals surface area contributed by atoms with Crippen LogP contribution in [0.1, 0.15) is 21.7 Å². The Kier molecular flexibility index (Phi) is 5.58. The predicted octanol–water partition coefficient (Wildman–Crippen LogP) is 1.92. The fourth-order valence-corrected chi connectivity index (χ4v) is 2.71. The first-order valence-electron chi connectivity index (χ1n) is 8.84. The zero-order valence-electron chi connectivity index (χ0n) is 16.4. The molecule has 0 N–H and O–H groups in total. The number of ether oxygens (including phenoxy) is 1. The third kappa shape index (κ3) is 4.28. The van der Waals surface area contributed by atoms with Crippen molar-refractivity contribution in [3.8, 4) is 0 Å². The van der Waals surface area contributed by atoms with E-state index in [1.165, 1.54) is 4.90 Å². The molecule has 2 heterocycles. The number of carbonyl (C=O) groups excluding carboxylic acids is 2. The van der Waals surface area contributed by atoms with Crippen molar-refractivity contribution in [3.05, 3.63) is 59.5 Å². The van der Waals surface area contributed by atoms with Gasteiger partial charge in [-0.1, -0.05) is 12.1 Å². The Hall–Kier alpha value is -3.42. The van der Waals surface area contributed by atoms with Gasteiger partial charge in [-0.25, -0.2) is 4.79 Å². The fourth-order valence-electron chi connectivity index (χ4n) is 2.71. The summed E-state index contributed by atoms with van der Waals surface area (Å²) in [5.74, 6) is -0.167. The van der Waals surface area contributed by atoms with Crippen LogP contribution >= 0.6 is 0 Å². The van der Waals surface area contributed by atoms with E-state index in [0.717, 1.165) is 11.3 Å². The highest BCUT2D eigenvalue weighted by Crippen LogP contribution is 2.13. The van der Waals surface area contributed by atoms with Crippen LogP contribution in [0.25, 0.3) is 5.65 Å². The zero-order valence-corrected chi connectivity index (χ0v) is 16.4. The summed E-state index contributed by atoms with van der Waals surface area (Å²) in [5, 5.41) is 7.91. The van der Waals surface area contributed by atoms with Crippen molar-refractivity contribution in [1.82, 2.24) is 19.5 Å². The number of aromatic nitrogens is 3. The predicted molar refractivity (Wildman–Crippen MR) is 105 cm³/mol. The van der Waals surface area contributed by atoms with E-state index in [1.54, 1.807) is 36.7 Å². The lowest BCUT2D eigenvalue weighted by Crippen LogP contribution is -2.30. The maximum atomic E-state index is 12.3. The molecule has 0 unspecified atom stereocenters. The van der Waals surface area contributed by atoms with Crippen LogP contribution in [0.5, 0.6) is 0 Å². The number of hydrogen-bond acceptors (Lipinski definition) is 6. The highest BCUT2D eigenvalue weighted by atomic mass is 16.5. The minimum Gasteiger partial charge on any atom is -0.452 e. The number of nitrogens with zero attached hydrogens (tertiary/aromatic N) is 5. The summed E-state index contributed by atoms with van der Waals surface area (Å²) in [4.78, 5) is 28.1. The molecule has 0 aliphatic rings. The molecule has 1 amide bonds. The highest BCUT2D eigenvalue weighted by Gasteiger charge is 2.15. The zero-order chi connectivity index (χ0) is 20.3. The quantitative estimate of drug-likeness (QED) is 0.607. The van der Waals surface area contributed by atoms with E-state index >= 15 is 0 Å². The number of rotatable bonds is 6. The first-order chi connectivity index (χ1) is 13.3. The molecule has 0 bridgehead atoms. The molecule has 2 aromatic heterocycles. The number of amides is 1. The fraction of sp³-hybridized carbons (Fsp3) is 0.300. The van der Waals surface area contributed by atoms with Crippen LogP contribution in [0.2, 0.25) is 0 Å². The molecule has 0 atom stereocenters. The number of aryl methyl sites for hydroxylation is 1. The van der Waals surface area contributed by atoms with E-state index in [4.69, 9.17) is 4.74 Å². The van der Waals surface area contributed by atoms with Gasteiger partial charge in [-0.3, -0.25) is 9.20 Å². The number of anilines is 1. The second-order valence-corrected chi connectivity index (χ2v) is 6.78. The van der Waals surface area contributed by atoms with Gasteiger partial charge in [0, 0.05) is 39.6 Å². The smallest absolute Gasteiger partial charge is 0.340 e. The van der Waals surface area contributed by atoms with Crippen LogP contribution in [0, 0.1) is 6.92 Å². The molecule has 0 aliphatic carbocycles. The minimum absolute atomic E-state index is 0.272. The molecule has 146 valence electrons. The Bertz CT molecular complexity index is 995. The summed E-state index contributed by atoms with van der Waals surface area (Å²) < 4.78 is 6.87. The van der Waals surface area contributed by atoms with E-state index in [2.05, 4.69) is 10.2 Å². The number of hydrogen-bond donors (Lipinski definition) is 0. The highest BCUT2D eigenvalue weighted by molar-refractivity contribution is 5.91. The van der Waals surface area contributed by atoms with Gasteiger partial charge < -0.3 is 14.5 Å². The number of pyridine rings is 1. The van der Waals surface area contributed by atoms with Gasteiger partial charge in [0.15, 0.2) is 12.3 Å². The average Bonchev–Trinajstić information content (AvgIpc) is 3.06. The van der Waals surface area contributed by atoms with Gasteiger partial charge in [-0.05, 0) is 36.8 Å². The van der Waals surface area contributed by atoms with Gasteiger partial charge in [-0.2, -0.15) is 0 Å². The third-order valence-corrected chi connectivity index (χ3v) is 4.43. The Morgan fingerprint density at radius 3 is 2.43 bits per heavy atom. The van der Waals surface area contributed by atoms with Crippen LogP contribution in [0.4, 0.5) is 5.69 Å². The summed E-state index contributed by atoms with van der Waals surface area (Å²) in [5.41, 5.74) is 3.07. The standard InChI is InChI=1S/C20H23N5O3/c1-14-21-22-18-10-7-16(12-25(14)18)20(27)28-13-19(26)24(4)11-15-5-8-17(9-6-15)23(2)3/h5-10,12H,11,13H2,1-4H3. The van der Waals surface area contributed by atoms with Crippen LogP contribution in [-0.2, 0) is 16.1 Å². The van der Waals surface area contributed by atoms with Crippen molar-refractivity contribution in [2.75, 3.05) is 32.6 Å². The molecule has 1 aromatic carbocycles. The molecule has 0 aliphatic heterocycles. The maximum absolute atomic E-state index is 12.3. The van der Waals surface area contributed by atoms with Gasteiger partial charge in [0.25, 0.3) is 5.91 Å². The van der Waals surface area contributed by atoms with Crippen LogP contribution in [0.15, 0.2) is 42.6 Å². The molecular formula is C20H23N5O3. The second kappa shape index (κ2) is 8.08. The monoisotopic (exact) mass is 381 g/mol. The number of esters is 1. The van der Waals surface area contributed by atoms with Gasteiger partial charge >= 0.3 is 5.97 Å². The first kappa shape index (κ1) is 19.3. The van der Waals surface area contributed by atoms with Gasteiger partial charge in [-0.15, -0.1) is 10.2 Å². The number of benzene rings is 1. The SMILES string of the molecule is Cc1nnc2ccc(C(=O)OCC(=O)N(C)Cc3ccc(N(C)C)cc3)cn12. The van der Waals surface area contributed by atoms with Gasteiger partial charge in [0.2, 0.25) is 0 Å². The normalized spacial score (nSPS) is 10.7. The molecular weight excluding hydrogens is 358 g/mol. The van der Waals surface area contributed by atoms with E-state index in [0.29, 0.717) is 23.6 Å². The Labute approximate surface area is 163 Å². The topological polar surface area (TPSA) is 80.0 Å². The molecule has 0 saturated heterocycles. The lowest BCUT2D eigenvalue weighted by molar-refractivity contribution is -0.133. The summed E-state index contributed by atoms with van der Waals surface area (Å²) >= 11 is 0. The molecule has 3 aromatic rings. The Balaban J connectivity index is 1.56. The Morgan fingerprint density at radius 1 is 1.04 bits per heavy atom. The van der Waals surface area contributed by atoms with Crippen molar-refractivity contribution in [2.24, 2.45) is 0 Å². The number of carbonyl (C=O) groups is 2. The summed E-state index contributed by atoms with van der Waals surface area (Å²) in [6.07, 6.45) is 1.60. The maximum Gasteiger partial charge on any atom is 0.340 e. The molecule has 3 rings (SSSR count). The van der Waals surface area contributed by atoms with Gasteiger partial charge in [0.05, 0.1) is 5.56 Å². The van der Waals surface area contributed by atoms with Crippen molar-refractivity contribution in [1.29, 1.82) is 0 Å².